The van der Waals surface area contributed by atoms with Crippen molar-refractivity contribution in [3.63, 3.8) is 0 Å². The number of nitrogens with zero attached hydrogens (tertiary/aromatic N) is 3. The number of aliphatic hydroxyl groups excluding tert-OH is 6. The van der Waals surface area contributed by atoms with Crippen LogP contribution in [-0.4, -0.2) is 30.6 Å². The van der Waals surface area contributed by atoms with Gasteiger partial charge in [-0.2, -0.15) is 0 Å². The van der Waals surface area contributed by atoms with Gasteiger partial charge in [0, 0.05) is 33.4 Å². The molecule has 0 saturated heterocycles. The standard InChI is InChI=1S/C114H84N3O24P9/c118-109(142(124)103-43-19-7-31-91(103)85-25-1-13-37-97(85)136-142)73-49-61-79(62-50-73)130-148(131-80-63-51-74(52-64-80)110(119)143(125)104-44-20-8-32-92(104)86-26-2-14-38-98(86)137-143)115-149(132-81-65-53-75(54-66-81)111(120)144(126)105-45-21-9-33-93(105)87-27-3-15-39-99(87)138-144,133-82-67-55-76(56-68-82)112(121)145(127)106-46-22-10-34-94(106)88-28-4-16-40-100(88)139-145)117-150(116-148,134-83-69-57-77(58-70-83)113(122)146(128)107-47-23-11-35-95(107)89-29-5-17-41-101(89)140-146)135-84-71-59-78(60-72-84)114(123)147(129)108-48-24-12-36-96(108)90-30-6-18-42-102(90)141-147/h1-72,109-114,118-123H. The van der Waals surface area contributed by atoms with Gasteiger partial charge in [0.25, 0.3) is 0 Å². The number of hydrogen-bond acceptors (Lipinski definition) is 27. The van der Waals surface area contributed by atoms with Gasteiger partial charge in [0.1, 0.15) is 69.0 Å². The zero-order valence-electron chi connectivity index (χ0n) is 78.4. The molecule has 27 nitrogen and oxygen atoms in total. The lowest BCUT2D eigenvalue weighted by atomic mass is 10.0. The van der Waals surface area contributed by atoms with E-state index in [9.17, 15) is 30.6 Å². The summed E-state index contributed by atoms with van der Waals surface area (Å²) in [6.07, 6.45) is 0. The average Bonchev–Trinajstić information content (AvgIpc) is 0.729. The fraction of sp³-hybridized carbons (Fsp3) is 0.0526. The third kappa shape index (κ3) is 16.6. The van der Waals surface area contributed by atoms with Gasteiger partial charge in [0.15, 0.2) is 35.1 Å². The Hall–Kier alpha value is -14.6. The fourth-order valence-corrected chi connectivity index (χ4v) is 42.6. The van der Waals surface area contributed by atoms with E-state index in [1.165, 1.54) is 146 Å². The van der Waals surface area contributed by atoms with E-state index in [0.717, 1.165) is 0 Å². The molecule has 150 heavy (non-hydrogen) atoms. The predicted octanol–water partition coefficient (Wildman–Crippen LogP) is 28.2. The molecule has 0 amide bonds. The first-order valence-electron chi connectivity index (χ1n) is 47.5. The van der Waals surface area contributed by atoms with Crippen LogP contribution in [0.4, 0.5) is 0 Å². The molecule has 36 heteroatoms. The van der Waals surface area contributed by atoms with Crippen LogP contribution < -0.4 is 86.1 Å². The van der Waals surface area contributed by atoms with Crippen LogP contribution in [0.25, 0.3) is 66.8 Å². The lowest BCUT2D eigenvalue weighted by Gasteiger charge is -2.34. The minimum absolute atomic E-state index is 0.0691. The van der Waals surface area contributed by atoms with Crippen LogP contribution in [0.1, 0.15) is 68.5 Å². The van der Waals surface area contributed by atoms with E-state index in [0.29, 0.717) is 66.8 Å². The summed E-state index contributed by atoms with van der Waals surface area (Å²) in [6, 6.07) is 118. The van der Waals surface area contributed by atoms with Gasteiger partial charge >= 0.3 is 67.2 Å². The molecule has 0 aromatic heterocycles. The van der Waals surface area contributed by atoms with Crippen LogP contribution in [0.3, 0.4) is 0 Å². The van der Waals surface area contributed by atoms with E-state index in [2.05, 4.69) is 0 Å². The summed E-state index contributed by atoms with van der Waals surface area (Å²) in [5, 5.41) is 78.6. The second-order valence-corrected chi connectivity index (χ2v) is 56.4. The molecule has 7 heterocycles. The van der Waals surface area contributed by atoms with Crippen molar-refractivity contribution in [2.45, 2.75) is 35.1 Å². The van der Waals surface area contributed by atoms with Gasteiger partial charge in [-0.3, -0.25) is 27.4 Å². The quantitative estimate of drug-likeness (QED) is 0.0306. The molecule has 7 aliphatic rings. The second kappa shape index (κ2) is 37.5. The molecule has 12 unspecified atom stereocenters. The molecule has 6 N–H and O–H groups in total. The van der Waals surface area contributed by atoms with Crippen molar-refractivity contribution >= 4 is 99.0 Å². The molecule has 12 atom stereocenters. The maximum atomic E-state index is 15.9. The first-order chi connectivity index (χ1) is 72.8. The van der Waals surface area contributed by atoms with Gasteiger partial charge in [-0.15, -0.1) is 0 Å². The zero-order chi connectivity index (χ0) is 102. The first-order valence-corrected chi connectivity index (χ1v) is 62.2. The number of hydrogen-bond donors (Lipinski definition) is 6. The lowest BCUT2D eigenvalue weighted by Crippen LogP contribution is -2.22. The van der Waals surface area contributed by atoms with E-state index in [4.69, 9.17) is 67.8 Å². The van der Waals surface area contributed by atoms with Crippen LogP contribution in [0, 0.1) is 0 Å². The third-order valence-electron chi connectivity index (χ3n) is 26.9. The Kier molecular flexibility index (Phi) is 24.1. The first kappa shape index (κ1) is 96.2. The summed E-state index contributed by atoms with van der Waals surface area (Å²) < 4.78 is 196. The molecule has 0 saturated carbocycles. The monoisotopic (exact) mass is 2160 g/mol. The molecule has 744 valence electrons. The summed E-state index contributed by atoms with van der Waals surface area (Å²) in [5.41, 5.74) is 7.75. The van der Waals surface area contributed by atoms with Crippen molar-refractivity contribution in [3.8, 4) is 136 Å². The van der Waals surface area contributed by atoms with Crippen molar-refractivity contribution < 1.29 is 112 Å². The Morgan fingerprint density at radius 1 is 0.160 bits per heavy atom. The highest BCUT2D eigenvalue weighted by atomic mass is 31.3. The Balaban J connectivity index is 0.700. The minimum Gasteiger partial charge on any atom is -0.437 e. The topological polar surface area (TPSA) is 372 Å². The van der Waals surface area contributed by atoms with E-state index >= 15 is 27.4 Å². The average molecular weight is 2160 g/mol. The highest BCUT2D eigenvalue weighted by Crippen LogP contribution is 2.80. The molecule has 25 rings (SSSR count). The van der Waals surface area contributed by atoms with Crippen molar-refractivity contribution in [2.75, 3.05) is 0 Å². The Bertz CT molecular complexity index is 7700. The molecular weight excluding hydrogens is 2070 g/mol. The molecular formula is C114H84N3O24P9. The number of para-hydroxylation sites is 6. The summed E-state index contributed by atoms with van der Waals surface area (Å²) in [4.78, 5) is 0. The van der Waals surface area contributed by atoms with Gasteiger partial charge in [-0.1, -0.05) is 305 Å². The van der Waals surface area contributed by atoms with Crippen molar-refractivity contribution in [1.29, 1.82) is 0 Å². The van der Waals surface area contributed by atoms with Crippen LogP contribution in [-0.2, 0) is 27.4 Å². The summed E-state index contributed by atoms with van der Waals surface area (Å²) >= 11 is 0. The maximum Gasteiger partial charge on any atom is 0.460 e. The van der Waals surface area contributed by atoms with Crippen LogP contribution in [0.2, 0.25) is 0 Å². The Morgan fingerprint density at radius 2 is 0.280 bits per heavy atom. The molecule has 7 aliphatic heterocycles. The highest BCUT2D eigenvalue weighted by Gasteiger charge is 2.54. The van der Waals surface area contributed by atoms with Gasteiger partial charge < -0.3 is 84.9 Å². The largest absolute Gasteiger partial charge is 0.460 e. The summed E-state index contributed by atoms with van der Waals surface area (Å²) in [6.45, 7) is 0. The molecule has 0 radical (unpaired) electrons. The van der Waals surface area contributed by atoms with E-state index in [-0.39, 0.29) is 134 Å². The normalized spacial score (nSPS) is 23.3. The molecule has 0 aliphatic carbocycles. The van der Waals surface area contributed by atoms with Crippen molar-refractivity contribution in [1.82, 2.24) is 0 Å². The molecule has 0 fully saturated rings. The Morgan fingerprint density at radius 3 is 0.420 bits per heavy atom. The van der Waals surface area contributed by atoms with Gasteiger partial charge in [-0.25, -0.2) is 0 Å². The Labute approximate surface area is 860 Å². The van der Waals surface area contributed by atoms with Gasteiger partial charge in [0.05, 0.1) is 31.8 Å². The molecule has 18 aromatic carbocycles. The van der Waals surface area contributed by atoms with E-state index in [1.54, 1.807) is 218 Å². The smallest absolute Gasteiger partial charge is 0.437 e. The minimum atomic E-state index is -5.29. The van der Waals surface area contributed by atoms with E-state index < -0.39 is 102 Å². The lowest BCUT2D eigenvalue weighted by molar-refractivity contribution is 0.240. The highest BCUT2D eigenvalue weighted by molar-refractivity contribution is 7.79. The van der Waals surface area contributed by atoms with Crippen LogP contribution in [0.5, 0.6) is 69.0 Å². The SMILES string of the molecule is O=P1(C(O)c2ccc(OP3(Oc4ccc(C(O)P5(=O)Oc6ccccc6-c6ccccc65)cc4)=NP(Oc4ccc(C(O)P5(=O)Oc6ccccc6-c6ccccc65)cc4)(Oc4ccc(C(O)P5(=O)Oc6ccccc6-c6ccccc65)cc4)=NP(Oc4ccc(C(O)P5(=O)Oc6ccccc6-c6ccccc65)cc4)(Oc4ccc(C(O)P5(=O)Oc6ccccc6-c6ccccc65)cc4)=N3)cc2)Oc2ccccc2-c2ccccc21. The van der Waals surface area contributed by atoms with E-state index in [1.807, 2.05) is 72.8 Å². The predicted molar refractivity (Wildman–Crippen MR) is 579 cm³/mol. The number of benzene rings is 18. The zero-order valence-corrected chi connectivity index (χ0v) is 86.5. The molecule has 18 aromatic rings. The van der Waals surface area contributed by atoms with Crippen LogP contribution in [0.15, 0.2) is 450 Å². The second-order valence-electron chi connectivity index (χ2n) is 36.2. The molecule has 0 bridgehead atoms. The molecule has 0 spiro atoms. The maximum absolute atomic E-state index is 15.9. The van der Waals surface area contributed by atoms with Gasteiger partial charge in [0.2, 0.25) is 0 Å². The van der Waals surface area contributed by atoms with Crippen molar-refractivity contribution in [2.24, 2.45) is 13.5 Å². The van der Waals surface area contributed by atoms with Crippen LogP contribution >= 0.6 is 67.2 Å². The number of fused-ring (bicyclic) bond motifs is 18. The summed E-state index contributed by atoms with van der Waals surface area (Å²) in [7, 11) is -42.0. The van der Waals surface area contributed by atoms with Gasteiger partial charge in [-0.05, 0) is 212 Å². The number of aliphatic hydroxyl groups is 6. The fourth-order valence-electron chi connectivity index (χ4n) is 19.7. The third-order valence-corrected chi connectivity index (χ3v) is 49.9. The summed E-state index contributed by atoms with van der Waals surface area (Å²) in [5.74, 6) is -10.5. The van der Waals surface area contributed by atoms with Crippen molar-refractivity contribution in [3.05, 3.63) is 470 Å². The number of rotatable bonds is 24.